The second kappa shape index (κ2) is 3.00. The average molecular weight is 221 g/mol. The Morgan fingerprint density at radius 2 is 2.20 bits per heavy atom. The molecule has 0 bridgehead atoms. The molecule has 0 spiro atoms. The summed E-state index contributed by atoms with van der Waals surface area (Å²) in [5, 5.41) is 0. The largest absolute Gasteiger partial charge is 0.441 e. The molecule has 3 nitrogen and oxygen atoms in total. The molecule has 78 valence electrons. The van der Waals surface area contributed by atoms with Gasteiger partial charge in [-0.3, -0.25) is 0 Å². The van der Waals surface area contributed by atoms with Gasteiger partial charge in [0.1, 0.15) is 5.52 Å². The Bertz CT molecular complexity index is 516. The number of ether oxygens (including phenoxy) is 1. The third-order valence-electron chi connectivity index (χ3n) is 2.71. The van der Waals surface area contributed by atoms with Crippen LogP contribution < -0.4 is 0 Å². The van der Waals surface area contributed by atoms with Gasteiger partial charge in [0.05, 0.1) is 18.0 Å². The van der Waals surface area contributed by atoms with Crippen LogP contribution in [0.25, 0.3) is 11.1 Å². The van der Waals surface area contributed by atoms with Crippen molar-refractivity contribution in [2.45, 2.75) is 11.7 Å². The molecule has 2 heterocycles. The number of benzene rings is 1. The molecule has 1 aromatic carbocycles. The number of rotatable bonds is 1. The highest BCUT2D eigenvalue weighted by molar-refractivity contribution is 7.81. The summed E-state index contributed by atoms with van der Waals surface area (Å²) >= 11 is 4.61. The average Bonchev–Trinajstić information content (AvgIpc) is 2.53. The van der Waals surface area contributed by atoms with Crippen LogP contribution in [0.2, 0.25) is 0 Å². The van der Waals surface area contributed by atoms with Crippen molar-refractivity contribution in [2.24, 2.45) is 0 Å². The van der Waals surface area contributed by atoms with Crippen molar-refractivity contribution < 1.29 is 9.15 Å². The first kappa shape index (κ1) is 9.24. The first-order chi connectivity index (χ1) is 7.17. The van der Waals surface area contributed by atoms with E-state index >= 15 is 0 Å². The summed E-state index contributed by atoms with van der Waals surface area (Å²) in [5.74, 6) is 0.695. The van der Waals surface area contributed by atoms with Gasteiger partial charge in [0.2, 0.25) is 0 Å². The highest BCUT2D eigenvalue weighted by Gasteiger charge is 2.36. The van der Waals surface area contributed by atoms with Gasteiger partial charge < -0.3 is 9.15 Å². The minimum atomic E-state index is -0.144. The minimum Gasteiger partial charge on any atom is -0.441 e. The maximum absolute atomic E-state index is 5.49. The predicted molar refractivity (Wildman–Crippen MR) is 60.2 cm³/mol. The lowest BCUT2D eigenvalue weighted by Gasteiger charge is -2.37. The molecule has 0 unspecified atom stereocenters. The summed E-state index contributed by atoms with van der Waals surface area (Å²) in [5.41, 5.74) is 2.86. The molecule has 15 heavy (non-hydrogen) atoms. The van der Waals surface area contributed by atoms with E-state index in [9.17, 15) is 0 Å². The minimum absolute atomic E-state index is 0.144. The molecule has 2 aromatic rings. The summed E-state index contributed by atoms with van der Waals surface area (Å²) in [4.78, 5) is 4.26. The fraction of sp³-hybridized carbons (Fsp3) is 0.364. The van der Waals surface area contributed by atoms with Crippen molar-refractivity contribution in [1.82, 2.24) is 4.98 Å². The maximum Gasteiger partial charge on any atom is 0.192 e. The van der Waals surface area contributed by atoms with Crippen molar-refractivity contribution in [3.8, 4) is 0 Å². The van der Waals surface area contributed by atoms with Crippen LogP contribution in [-0.2, 0) is 9.48 Å². The van der Waals surface area contributed by atoms with Gasteiger partial charge in [0, 0.05) is 6.92 Å². The molecule has 1 aromatic heterocycles. The number of fused-ring (bicyclic) bond motifs is 1. The molecule has 1 aliphatic heterocycles. The van der Waals surface area contributed by atoms with Gasteiger partial charge >= 0.3 is 0 Å². The Morgan fingerprint density at radius 3 is 2.87 bits per heavy atom. The van der Waals surface area contributed by atoms with E-state index in [1.807, 2.05) is 25.1 Å². The molecule has 3 rings (SSSR count). The number of aromatic nitrogens is 1. The highest BCUT2D eigenvalue weighted by atomic mass is 32.1. The summed E-state index contributed by atoms with van der Waals surface area (Å²) in [6.45, 7) is 3.17. The Kier molecular flexibility index (Phi) is 1.85. The fourth-order valence-electron chi connectivity index (χ4n) is 1.79. The zero-order chi connectivity index (χ0) is 10.5. The molecule has 1 fully saturated rings. The number of hydrogen-bond donors (Lipinski definition) is 1. The van der Waals surface area contributed by atoms with Gasteiger partial charge in [-0.25, -0.2) is 4.98 Å². The van der Waals surface area contributed by atoms with E-state index < -0.39 is 0 Å². The first-order valence-electron chi connectivity index (χ1n) is 4.85. The van der Waals surface area contributed by atoms with E-state index in [0.29, 0.717) is 19.1 Å². The molecule has 0 atom stereocenters. The third kappa shape index (κ3) is 1.36. The standard InChI is InChI=1S/C11H11NO2S/c1-7-12-9-3-2-8(4-10(9)14-7)11(15)5-13-6-11/h2-4,15H,5-6H2,1H3. The zero-order valence-corrected chi connectivity index (χ0v) is 9.25. The molecular weight excluding hydrogens is 210 g/mol. The lowest BCUT2D eigenvalue weighted by Crippen LogP contribution is -2.41. The van der Waals surface area contributed by atoms with Crippen molar-refractivity contribution >= 4 is 23.7 Å². The van der Waals surface area contributed by atoms with Gasteiger partial charge in [-0.05, 0) is 17.7 Å². The smallest absolute Gasteiger partial charge is 0.192 e. The van der Waals surface area contributed by atoms with Crippen LogP contribution in [0.5, 0.6) is 0 Å². The van der Waals surface area contributed by atoms with E-state index in [1.54, 1.807) is 0 Å². The Balaban J connectivity index is 2.13. The van der Waals surface area contributed by atoms with Crippen LogP contribution in [0, 0.1) is 6.92 Å². The predicted octanol–water partition coefficient (Wildman–Crippen LogP) is 2.29. The van der Waals surface area contributed by atoms with E-state index in [0.717, 1.165) is 16.7 Å². The highest BCUT2D eigenvalue weighted by Crippen LogP contribution is 2.37. The molecule has 0 aliphatic carbocycles. The van der Waals surface area contributed by atoms with Gasteiger partial charge in [0.15, 0.2) is 11.5 Å². The molecule has 0 N–H and O–H groups in total. The molecule has 1 aliphatic rings. The summed E-state index contributed by atoms with van der Waals surface area (Å²) < 4.78 is 10.5. The van der Waals surface area contributed by atoms with Crippen molar-refractivity contribution in [3.05, 3.63) is 29.7 Å². The summed E-state index contributed by atoms with van der Waals surface area (Å²) in [7, 11) is 0. The monoisotopic (exact) mass is 221 g/mol. The SMILES string of the molecule is Cc1nc2ccc(C3(S)COC3)cc2o1. The quantitative estimate of drug-likeness (QED) is 0.750. The van der Waals surface area contributed by atoms with E-state index in [-0.39, 0.29) is 4.75 Å². The second-order valence-electron chi connectivity index (χ2n) is 3.94. The fourth-order valence-corrected chi connectivity index (χ4v) is 2.11. The van der Waals surface area contributed by atoms with E-state index in [2.05, 4.69) is 17.6 Å². The van der Waals surface area contributed by atoms with E-state index in [4.69, 9.17) is 9.15 Å². The van der Waals surface area contributed by atoms with Crippen LogP contribution in [0.3, 0.4) is 0 Å². The maximum atomic E-state index is 5.49. The molecule has 1 saturated heterocycles. The molecule has 0 amide bonds. The Hall–Kier alpha value is -1.00. The van der Waals surface area contributed by atoms with Crippen LogP contribution in [-0.4, -0.2) is 18.2 Å². The third-order valence-corrected chi connectivity index (χ3v) is 3.23. The Morgan fingerprint density at radius 1 is 1.40 bits per heavy atom. The lowest BCUT2D eigenvalue weighted by atomic mass is 9.96. The van der Waals surface area contributed by atoms with Gasteiger partial charge in [-0.15, -0.1) is 0 Å². The molecule has 4 heteroatoms. The zero-order valence-electron chi connectivity index (χ0n) is 8.36. The number of nitrogens with zero attached hydrogens (tertiary/aromatic N) is 1. The van der Waals surface area contributed by atoms with Crippen molar-refractivity contribution in [3.63, 3.8) is 0 Å². The molecular formula is C11H11NO2S. The lowest BCUT2D eigenvalue weighted by molar-refractivity contribution is -0.00966. The molecule has 0 radical (unpaired) electrons. The number of hydrogen-bond acceptors (Lipinski definition) is 4. The second-order valence-corrected chi connectivity index (χ2v) is 4.80. The van der Waals surface area contributed by atoms with E-state index in [1.165, 1.54) is 0 Å². The van der Waals surface area contributed by atoms with Crippen LogP contribution in [0.15, 0.2) is 22.6 Å². The van der Waals surface area contributed by atoms with Gasteiger partial charge in [-0.1, -0.05) is 6.07 Å². The topological polar surface area (TPSA) is 35.3 Å². The first-order valence-corrected chi connectivity index (χ1v) is 5.30. The normalized spacial score (nSPS) is 19.1. The Labute approximate surface area is 92.8 Å². The molecule has 0 saturated carbocycles. The number of thiol groups is 1. The van der Waals surface area contributed by atoms with Gasteiger partial charge in [-0.2, -0.15) is 12.6 Å². The number of oxazole rings is 1. The van der Waals surface area contributed by atoms with Crippen LogP contribution in [0.4, 0.5) is 0 Å². The van der Waals surface area contributed by atoms with Crippen molar-refractivity contribution in [2.75, 3.05) is 13.2 Å². The van der Waals surface area contributed by atoms with Gasteiger partial charge in [0.25, 0.3) is 0 Å². The number of aryl methyl sites for hydroxylation is 1. The summed E-state index contributed by atoms with van der Waals surface area (Å²) in [6.07, 6.45) is 0. The summed E-state index contributed by atoms with van der Waals surface area (Å²) in [6, 6.07) is 6.02. The van der Waals surface area contributed by atoms with Crippen LogP contribution >= 0.6 is 12.6 Å². The van der Waals surface area contributed by atoms with Crippen molar-refractivity contribution in [1.29, 1.82) is 0 Å². The van der Waals surface area contributed by atoms with Crippen LogP contribution in [0.1, 0.15) is 11.5 Å².